The third-order valence-electron chi connectivity index (χ3n) is 5.42. The van der Waals surface area contributed by atoms with E-state index in [0.717, 1.165) is 9.13 Å². The normalized spacial score (nSPS) is 14.4. The highest BCUT2D eigenvalue weighted by molar-refractivity contribution is 14.1. The van der Waals surface area contributed by atoms with Crippen LogP contribution in [0.5, 0.6) is 11.5 Å². The molecular weight excluding hydrogens is 563 g/mol. The van der Waals surface area contributed by atoms with Crippen LogP contribution in [-0.2, 0) is 16.0 Å². The van der Waals surface area contributed by atoms with Crippen molar-refractivity contribution in [3.63, 3.8) is 0 Å². The second-order valence-corrected chi connectivity index (χ2v) is 9.04. The number of hydrazone groups is 1. The molecule has 9 nitrogen and oxygen atoms in total. The zero-order valence-corrected chi connectivity index (χ0v) is 20.4. The Morgan fingerprint density at radius 1 is 1.00 bits per heavy atom. The van der Waals surface area contributed by atoms with Gasteiger partial charge in [0.2, 0.25) is 12.7 Å². The molecule has 35 heavy (non-hydrogen) atoms. The molecule has 0 fully saturated rings. The molecule has 5 rings (SSSR count). The predicted octanol–water partition coefficient (Wildman–Crippen LogP) is 3.50. The Bertz CT molecular complexity index is 1370. The standard InChI is InChI=1S/C25H18IN4O5/c26-16-5-8-19-18(12-16)23(25(33)28-19)29-30-24(32)15-3-6-17(7-4-15)27-22(31)10-2-14-1-9-20-21(11-14)35-13-34-20/h1,3-9,11-12H,2,10,13H2,(H,27,31)(H,30,32). The van der Waals surface area contributed by atoms with Crippen molar-refractivity contribution in [2.45, 2.75) is 12.8 Å². The largest absolute Gasteiger partial charge is 0.454 e. The van der Waals surface area contributed by atoms with Crippen LogP contribution in [0.25, 0.3) is 0 Å². The minimum atomic E-state index is -0.499. The van der Waals surface area contributed by atoms with E-state index in [4.69, 9.17) is 9.47 Å². The van der Waals surface area contributed by atoms with E-state index < -0.39 is 11.8 Å². The van der Waals surface area contributed by atoms with Crippen LogP contribution in [-0.4, -0.2) is 30.2 Å². The topological polar surface area (TPSA) is 120 Å². The Kier molecular flexibility index (Phi) is 6.36. The average Bonchev–Trinajstić information content (AvgIpc) is 3.44. The van der Waals surface area contributed by atoms with Crippen LogP contribution in [0.2, 0.25) is 0 Å². The van der Waals surface area contributed by atoms with Crippen molar-refractivity contribution >= 4 is 57.4 Å². The number of halogens is 1. The lowest BCUT2D eigenvalue weighted by Crippen LogP contribution is -2.23. The molecule has 0 spiro atoms. The fourth-order valence-corrected chi connectivity index (χ4v) is 4.13. The fraction of sp³-hybridized carbons (Fsp3) is 0.120. The number of nitrogens with one attached hydrogen (secondary N) is 2. The van der Waals surface area contributed by atoms with Crippen molar-refractivity contribution in [3.8, 4) is 11.5 Å². The highest BCUT2D eigenvalue weighted by atomic mass is 127. The first-order chi connectivity index (χ1) is 17.0. The molecule has 0 aliphatic carbocycles. The molecule has 1 radical (unpaired) electrons. The van der Waals surface area contributed by atoms with E-state index in [1.807, 2.05) is 24.3 Å². The minimum Gasteiger partial charge on any atom is -0.454 e. The maximum absolute atomic E-state index is 12.5. The van der Waals surface area contributed by atoms with Gasteiger partial charge in [-0.2, -0.15) is 5.10 Å². The Balaban J connectivity index is 1.16. The second kappa shape index (κ2) is 9.74. The summed E-state index contributed by atoms with van der Waals surface area (Å²) < 4.78 is 11.6. The lowest BCUT2D eigenvalue weighted by molar-refractivity contribution is -0.116. The predicted molar refractivity (Wildman–Crippen MR) is 136 cm³/mol. The first-order valence-corrected chi connectivity index (χ1v) is 11.8. The van der Waals surface area contributed by atoms with Gasteiger partial charge in [-0.1, -0.05) is 6.07 Å². The first kappa shape index (κ1) is 22.8. The van der Waals surface area contributed by atoms with Crippen molar-refractivity contribution in [1.29, 1.82) is 0 Å². The summed E-state index contributed by atoms with van der Waals surface area (Å²) in [6, 6.07) is 17.4. The van der Waals surface area contributed by atoms with E-state index in [1.54, 1.807) is 36.4 Å². The number of carbonyl (C=O) groups is 3. The number of aryl methyl sites for hydroxylation is 1. The fourth-order valence-electron chi connectivity index (χ4n) is 3.64. The van der Waals surface area contributed by atoms with E-state index in [-0.39, 0.29) is 18.4 Å². The van der Waals surface area contributed by atoms with Gasteiger partial charge in [0.15, 0.2) is 17.2 Å². The molecule has 0 unspecified atom stereocenters. The molecule has 175 valence electrons. The summed E-state index contributed by atoms with van der Waals surface area (Å²) in [6.45, 7) is 0.210. The number of nitrogens with zero attached hydrogens (tertiary/aromatic N) is 2. The monoisotopic (exact) mass is 581 g/mol. The second-order valence-electron chi connectivity index (χ2n) is 7.79. The molecule has 2 aliphatic rings. The minimum absolute atomic E-state index is 0.0956. The molecule has 3 aromatic rings. The van der Waals surface area contributed by atoms with Gasteiger partial charge in [0.05, 0.1) is 5.69 Å². The van der Waals surface area contributed by atoms with E-state index in [9.17, 15) is 14.4 Å². The molecule has 3 amide bonds. The molecule has 3 aromatic carbocycles. The van der Waals surface area contributed by atoms with E-state index in [0.29, 0.717) is 46.8 Å². The number of carbonyl (C=O) groups excluding carboxylic acids is 3. The van der Waals surface area contributed by atoms with Crippen molar-refractivity contribution in [2.24, 2.45) is 5.10 Å². The zero-order chi connectivity index (χ0) is 24.4. The number of fused-ring (bicyclic) bond motifs is 2. The van der Waals surface area contributed by atoms with Crippen molar-refractivity contribution in [2.75, 3.05) is 12.1 Å². The van der Waals surface area contributed by atoms with Crippen LogP contribution in [0, 0.1) is 3.57 Å². The van der Waals surface area contributed by atoms with Crippen LogP contribution in [0.3, 0.4) is 0 Å². The smallest absolute Gasteiger partial charge is 0.298 e. The highest BCUT2D eigenvalue weighted by Gasteiger charge is 2.28. The van der Waals surface area contributed by atoms with Gasteiger partial charge in [0.1, 0.15) is 0 Å². The molecular formula is C25H18IN4O5. The molecule has 0 atom stereocenters. The van der Waals surface area contributed by atoms with E-state index >= 15 is 0 Å². The zero-order valence-electron chi connectivity index (χ0n) is 18.2. The maximum Gasteiger partial charge on any atom is 0.298 e. The van der Waals surface area contributed by atoms with Crippen molar-refractivity contribution < 1.29 is 23.9 Å². The summed E-state index contributed by atoms with van der Waals surface area (Å²) in [7, 11) is 0. The van der Waals surface area contributed by atoms with Gasteiger partial charge in [-0.05, 0) is 89.2 Å². The Hall–Kier alpha value is -3.93. The number of hydrogen-bond donors (Lipinski definition) is 2. The van der Waals surface area contributed by atoms with Gasteiger partial charge in [0.25, 0.3) is 11.8 Å². The summed E-state index contributed by atoms with van der Waals surface area (Å²) in [5.74, 6) is 0.264. The van der Waals surface area contributed by atoms with Crippen LogP contribution in [0.15, 0.2) is 65.8 Å². The molecule has 0 bridgehead atoms. The summed E-state index contributed by atoms with van der Waals surface area (Å²) in [6.07, 6.45) is 0.843. The Morgan fingerprint density at radius 2 is 1.80 bits per heavy atom. The number of ether oxygens (including phenoxy) is 2. The summed E-state index contributed by atoms with van der Waals surface area (Å²) in [5, 5.41) is 10.7. The lowest BCUT2D eigenvalue weighted by Gasteiger charge is -2.07. The number of benzene rings is 3. The van der Waals surface area contributed by atoms with E-state index in [1.165, 1.54) is 0 Å². The summed E-state index contributed by atoms with van der Waals surface area (Å²) >= 11 is 2.13. The van der Waals surface area contributed by atoms with E-state index in [2.05, 4.69) is 43.8 Å². The van der Waals surface area contributed by atoms with Crippen LogP contribution < -0.4 is 25.5 Å². The summed E-state index contributed by atoms with van der Waals surface area (Å²) in [4.78, 5) is 37.0. The molecule has 2 heterocycles. The molecule has 0 saturated carbocycles. The molecule has 2 N–H and O–H groups in total. The van der Waals surface area contributed by atoms with Crippen LogP contribution in [0.1, 0.15) is 27.9 Å². The first-order valence-electron chi connectivity index (χ1n) is 10.7. The lowest BCUT2D eigenvalue weighted by atomic mass is 10.1. The number of amides is 3. The highest BCUT2D eigenvalue weighted by Crippen LogP contribution is 2.32. The summed E-state index contributed by atoms with van der Waals surface area (Å²) in [5.41, 5.74) is 5.49. The SMILES string of the molecule is O=C(CCc1ccc2c(c1)OCO2)Nc1ccc(C(=O)NN=C2C(=O)[N]c3ccc(I)cc32)cc1. The van der Waals surface area contributed by atoms with Gasteiger partial charge in [-0.3, -0.25) is 14.4 Å². The van der Waals surface area contributed by atoms with Crippen molar-refractivity contribution in [1.82, 2.24) is 10.7 Å². The van der Waals surface area contributed by atoms with Gasteiger partial charge < -0.3 is 14.8 Å². The Morgan fingerprint density at radius 3 is 2.63 bits per heavy atom. The van der Waals surface area contributed by atoms with Gasteiger partial charge >= 0.3 is 0 Å². The molecule has 0 aromatic heterocycles. The van der Waals surface area contributed by atoms with Crippen LogP contribution in [0.4, 0.5) is 11.4 Å². The number of hydrogen-bond acceptors (Lipinski definition) is 6. The molecule has 2 aliphatic heterocycles. The van der Waals surface area contributed by atoms with Gasteiger partial charge in [0, 0.05) is 26.8 Å². The van der Waals surface area contributed by atoms with Crippen molar-refractivity contribution in [3.05, 3.63) is 80.9 Å². The average molecular weight is 581 g/mol. The Labute approximate surface area is 214 Å². The third-order valence-corrected chi connectivity index (χ3v) is 6.09. The van der Waals surface area contributed by atoms with Crippen LogP contribution >= 0.6 is 22.6 Å². The maximum atomic E-state index is 12.5. The molecule has 0 saturated heterocycles. The number of rotatable bonds is 6. The quantitative estimate of drug-likeness (QED) is 0.341. The molecule has 10 heteroatoms. The third kappa shape index (κ3) is 5.11. The van der Waals surface area contributed by atoms with Gasteiger partial charge in [-0.15, -0.1) is 0 Å². The van der Waals surface area contributed by atoms with Gasteiger partial charge in [-0.25, -0.2) is 10.7 Å². The number of anilines is 1.